The molecule has 0 aromatic heterocycles. The van der Waals surface area contributed by atoms with Crippen molar-refractivity contribution in [3.05, 3.63) is 64.9 Å². The van der Waals surface area contributed by atoms with Crippen molar-refractivity contribution in [2.45, 2.75) is 6.42 Å². The Morgan fingerprint density at radius 1 is 1.14 bits per heavy atom. The molecule has 0 spiro atoms. The fourth-order valence-electron chi connectivity index (χ4n) is 2.51. The van der Waals surface area contributed by atoms with Gasteiger partial charge in [0.25, 0.3) is 5.91 Å². The molecule has 0 aliphatic rings. The highest BCUT2D eigenvalue weighted by Gasteiger charge is 2.13. The molecule has 0 heterocycles. The fraction of sp³-hybridized carbons (Fsp3) is 0.227. The van der Waals surface area contributed by atoms with E-state index in [2.05, 4.69) is 11.2 Å². The largest absolute Gasteiger partial charge is 0.493 e. The molecule has 0 saturated carbocycles. The molecule has 0 bridgehead atoms. The second-order valence-corrected chi connectivity index (χ2v) is 6.19. The maximum absolute atomic E-state index is 12.6. The number of amides is 1. The third-order valence-corrected chi connectivity index (χ3v) is 4.17. The number of hydrogen-bond donors (Lipinski definition) is 1. The average molecular weight is 400 g/mol. The van der Waals surface area contributed by atoms with Crippen molar-refractivity contribution < 1.29 is 19.0 Å². The number of carbonyl (C=O) groups is 1. The number of rotatable bonds is 9. The smallest absolute Gasteiger partial charge is 0.255 e. The zero-order valence-electron chi connectivity index (χ0n) is 15.8. The van der Waals surface area contributed by atoms with Crippen LogP contribution in [0.2, 0.25) is 5.02 Å². The Kier molecular flexibility index (Phi) is 8.26. The first kappa shape index (κ1) is 21.2. The van der Waals surface area contributed by atoms with Crippen molar-refractivity contribution in [3.63, 3.8) is 0 Å². The number of benzene rings is 2. The summed E-state index contributed by atoms with van der Waals surface area (Å²) < 4.78 is 15.8. The van der Waals surface area contributed by atoms with Crippen LogP contribution in [0.4, 0.5) is 0 Å². The summed E-state index contributed by atoms with van der Waals surface area (Å²) in [5.74, 6) is 3.41. The highest BCUT2D eigenvalue weighted by atomic mass is 35.5. The molecule has 0 radical (unpaired) electrons. The van der Waals surface area contributed by atoms with E-state index in [1.807, 2.05) is 18.2 Å². The summed E-state index contributed by atoms with van der Waals surface area (Å²) in [6.07, 6.45) is 7.20. The van der Waals surface area contributed by atoms with E-state index in [1.165, 1.54) is 6.26 Å². The lowest BCUT2D eigenvalue weighted by Gasteiger charge is -2.11. The van der Waals surface area contributed by atoms with Crippen LogP contribution in [0.1, 0.15) is 11.1 Å². The van der Waals surface area contributed by atoms with Gasteiger partial charge in [0.2, 0.25) is 0 Å². The summed E-state index contributed by atoms with van der Waals surface area (Å²) in [5, 5.41) is 3.48. The normalized spacial score (nSPS) is 10.7. The lowest BCUT2D eigenvalue weighted by atomic mass is 10.1. The first-order chi connectivity index (χ1) is 13.6. The predicted molar refractivity (Wildman–Crippen MR) is 110 cm³/mol. The lowest BCUT2D eigenvalue weighted by Crippen LogP contribution is -2.26. The Hall–Kier alpha value is -3.10. The molecule has 5 nitrogen and oxygen atoms in total. The van der Waals surface area contributed by atoms with Crippen LogP contribution in [-0.4, -0.2) is 33.3 Å². The topological polar surface area (TPSA) is 56.8 Å². The molecule has 0 unspecified atom stereocenters. The first-order valence-corrected chi connectivity index (χ1v) is 8.97. The molecule has 0 aliphatic carbocycles. The Labute approximate surface area is 170 Å². The van der Waals surface area contributed by atoms with Gasteiger partial charge in [-0.05, 0) is 41.8 Å². The minimum Gasteiger partial charge on any atom is -0.493 e. The number of terminal acetylenes is 1. The Morgan fingerprint density at radius 2 is 1.86 bits per heavy atom. The van der Waals surface area contributed by atoms with Gasteiger partial charge in [0.1, 0.15) is 6.61 Å². The van der Waals surface area contributed by atoms with E-state index < -0.39 is 0 Å². The molecule has 146 valence electrons. The van der Waals surface area contributed by atoms with E-state index in [9.17, 15) is 4.79 Å². The minimum absolute atomic E-state index is 0.0794. The van der Waals surface area contributed by atoms with Gasteiger partial charge < -0.3 is 19.5 Å². The molecular formula is C22H22ClNO4. The van der Waals surface area contributed by atoms with Gasteiger partial charge in [-0.3, -0.25) is 4.79 Å². The van der Waals surface area contributed by atoms with E-state index in [-0.39, 0.29) is 12.5 Å². The molecule has 2 aromatic carbocycles. The van der Waals surface area contributed by atoms with Crippen molar-refractivity contribution in [2.24, 2.45) is 0 Å². The van der Waals surface area contributed by atoms with E-state index >= 15 is 0 Å². The Balaban J connectivity index is 2.04. The highest BCUT2D eigenvalue weighted by molar-refractivity contribution is 6.30. The zero-order chi connectivity index (χ0) is 20.4. The van der Waals surface area contributed by atoms with Crippen molar-refractivity contribution in [2.75, 3.05) is 27.4 Å². The van der Waals surface area contributed by atoms with Crippen LogP contribution >= 0.6 is 11.6 Å². The molecule has 0 fully saturated rings. The summed E-state index contributed by atoms with van der Waals surface area (Å²) >= 11 is 5.92. The van der Waals surface area contributed by atoms with Crippen LogP contribution in [0.15, 0.2) is 48.7 Å². The van der Waals surface area contributed by atoms with Crippen LogP contribution in [-0.2, 0) is 16.0 Å². The number of ether oxygens (including phenoxy) is 3. The molecule has 6 heteroatoms. The number of methoxy groups -OCH3 is 2. The summed E-state index contributed by atoms with van der Waals surface area (Å²) in [7, 11) is 3.17. The summed E-state index contributed by atoms with van der Waals surface area (Å²) in [6, 6.07) is 12.6. The average Bonchev–Trinajstić information content (AvgIpc) is 2.72. The zero-order valence-corrected chi connectivity index (χ0v) is 16.6. The van der Waals surface area contributed by atoms with Gasteiger partial charge in [-0.25, -0.2) is 0 Å². The van der Waals surface area contributed by atoms with Gasteiger partial charge in [-0.2, -0.15) is 0 Å². The molecule has 2 aromatic rings. The third kappa shape index (κ3) is 5.97. The van der Waals surface area contributed by atoms with E-state index in [0.29, 0.717) is 40.6 Å². The molecule has 0 saturated heterocycles. The van der Waals surface area contributed by atoms with Gasteiger partial charge in [0, 0.05) is 11.6 Å². The lowest BCUT2D eigenvalue weighted by molar-refractivity contribution is -0.115. The Bertz CT molecular complexity index is 869. The summed E-state index contributed by atoms with van der Waals surface area (Å²) in [4.78, 5) is 12.6. The quantitative estimate of drug-likeness (QED) is 0.302. The van der Waals surface area contributed by atoms with E-state index in [1.54, 1.807) is 38.5 Å². The van der Waals surface area contributed by atoms with E-state index in [4.69, 9.17) is 32.2 Å². The molecule has 0 atom stereocenters. The van der Waals surface area contributed by atoms with Gasteiger partial charge in [0.05, 0.1) is 26.1 Å². The van der Waals surface area contributed by atoms with Crippen molar-refractivity contribution in [3.8, 4) is 23.8 Å². The van der Waals surface area contributed by atoms with Crippen LogP contribution < -0.4 is 14.8 Å². The predicted octanol–water partition coefficient (Wildman–Crippen LogP) is 3.71. The molecular weight excluding hydrogens is 378 g/mol. The van der Waals surface area contributed by atoms with Gasteiger partial charge in [-0.1, -0.05) is 35.7 Å². The first-order valence-electron chi connectivity index (χ1n) is 8.59. The summed E-state index contributed by atoms with van der Waals surface area (Å²) in [5.41, 5.74) is 2.07. The van der Waals surface area contributed by atoms with Crippen molar-refractivity contribution in [1.82, 2.24) is 5.32 Å². The van der Waals surface area contributed by atoms with E-state index in [0.717, 1.165) is 5.56 Å². The second-order valence-electron chi connectivity index (χ2n) is 5.75. The highest BCUT2D eigenvalue weighted by Crippen LogP contribution is 2.27. The van der Waals surface area contributed by atoms with Gasteiger partial charge in [0.15, 0.2) is 11.5 Å². The van der Waals surface area contributed by atoms with Crippen molar-refractivity contribution >= 4 is 23.1 Å². The second kappa shape index (κ2) is 10.9. The van der Waals surface area contributed by atoms with Gasteiger partial charge >= 0.3 is 0 Å². The molecule has 0 aliphatic heterocycles. The fourth-order valence-corrected chi connectivity index (χ4v) is 2.63. The Morgan fingerprint density at radius 3 is 2.50 bits per heavy atom. The number of halogens is 1. The minimum atomic E-state index is -0.264. The van der Waals surface area contributed by atoms with Gasteiger partial charge in [-0.15, -0.1) is 6.42 Å². The number of hydrogen-bond acceptors (Lipinski definition) is 4. The number of nitrogens with one attached hydrogen (secondary N) is 1. The monoisotopic (exact) mass is 399 g/mol. The molecule has 2 rings (SSSR count). The van der Waals surface area contributed by atoms with Crippen molar-refractivity contribution in [1.29, 1.82) is 0 Å². The molecule has 1 amide bonds. The van der Waals surface area contributed by atoms with Crippen LogP contribution in [0, 0.1) is 12.3 Å². The van der Waals surface area contributed by atoms with Crippen LogP contribution in [0.25, 0.3) is 5.57 Å². The number of carbonyl (C=O) groups excluding carboxylic acids is 1. The molecule has 1 N–H and O–H groups in total. The standard InChI is InChI=1S/C22H22ClNO4/c1-4-13-28-15-19(17-6-8-18(23)9-7-17)22(25)24-12-11-16-5-10-20(26-2)21(14-16)27-3/h1,5-10,14-15H,11-13H2,2-3H3,(H,24,25). The SMILES string of the molecule is C#CCOC=C(C(=O)NCCc1ccc(OC)c(OC)c1)c1ccc(Cl)cc1. The maximum atomic E-state index is 12.6. The summed E-state index contributed by atoms with van der Waals surface area (Å²) in [6.45, 7) is 0.518. The maximum Gasteiger partial charge on any atom is 0.255 e. The third-order valence-electron chi connectivity index (χ3n) is 3.91. The van der Waals surface area contributed by atoms with Crippen LogP contribution in [0.3, 0.4) is 0 Å². The van der Waals surface area contributed by atoms with Crippen LogP contribution in [0.5, 0.6) is 11.5 Å². The molecule has 28 heavy (non-hydrogen) atoms.